The zero-order valence-electron chi connectivity index (χ0n) is 15.7. The largest absolute Gasteiger partial charge is 0.484 e. The number of aryl methyl sites for hydroxylation is 2. The Morgan fingerprint density at radius 3 is 2.40 bits per heavy atom. The first kappa shape index (κ1) is 19.2. The average molecular weight is 347 g/mol. The molecule has 6 heteroatoms. The van der Waals surface area contributed by atoms with Crippen molar-refractivity contribution in [3.05, 3.63) is 29.3 Å². The Labute approximate surface area is 150 Å². The highest BCUT2D eigenvalue weighted by Crippen LogP contribution is 2.16. The minimum Gasteiger partial charge on any atom is -0.484 e. The standard InChI is InChI=1S/C19H29N3O3/c1-14(2)20-18(23)12-21-7-9-22(10-8-21)19(24)13-25-17-6-5-15(3)16(4)11-17/h5-6,11,14H,7-10,12-13H2,1-4H3,(H,20,23). The van der Waals surface area contributed by atoms with Crippen LogP contribution in [0.25, 0.3) is 0 Å². The molecule has 1 N–H and O–H groups in total. The van der Waals surface area contributed by atoms with Crippen molar-refractivity contribution in [3.63, 3.8) is 0 Å². The zero-order valence-corrected chi connectivity index (χ0v) is 15.7. The Morgan fingerprint density at radius 2 is 1.80 bits per heavy atom. The van der Waals surface area contributed by atoms with E-state index in [1.807, 2.05) is 45.9 Å². The van der Waals surface area contributed by atoms with Crippen molar-refractivity contribution in [3.8, 4) is 5.75 Å². The van der Waals surface area contributed by atoms with E-state index in [-0.39, 0.29) is 24.5 Å². The summed E-state index contributed by atoms with van der Waals surface area (Å²) in [6, 6.07) is 5.99. The van der Waals surface area contributed by atoms with Gasteiger partial charge in [-0.3, -0.25) is 14.5 Å². The second kappa shape index (κ2) is 8.85. The van der Waals surface area contributed by atoms with E-state index in [1.54, 1.807) is 4.90 Å². The molecule has 0 atom stereocenters. The van der Waals surface area contributed by atoms with Crippen LogP contribution in [0.2, 0.25) is 0 Å². The maximum atomic E-state index is 12.3. The first-order valence-electron chi connectivity index (χ1n) is 8.84. The van der Waals surface area contributed by atoms with E-state index in [0.717, 1.165) is 11.3 Å². The van der Waals surface area contributed by atoms with Crippen LogP contribution < -0.4 is 10.1 Å². The zero-order chi connectivity index (χ0) is 18.4. The summed E-state index contributed by atoms with van der Waals surface area (Å²) in [5.41, 5.74) is 2.36. The maximum Gasteiger partial charge on any atom is 0.260 e. The highest BCUT2D eigenvalue weighted by Gasteiger charge is 2.22. The summed E-state index contributed by atoms with van der Waals surface area (Å²) in [5.74, 6) is 0.748. The monoisotopic (exact) mass is 347 g/mol. The third kappa shape index (κ3) is 6.05. The topological polar surface area (TPSA) is 61.9 Å². The minimum atomic E-state index is -0.00971. The van der Waals surface area contributed by atoms with Gasteiger partial charge in [-0.2, -0.15) is 0 Å². The van der Waals surface area contributed by atoms with Gasteiger partial charge in [0.05, 0.1) is 6.54 Å². The van der Waals surface area contributed by atoms with Gasteiger partial charge in [0, 0.05) is 32.2 Å². The van der Waals surface area contributed by atoms with E-state index in [4.69, 9.17) is 4.74 Å². The molecule has 1 fully saturated rings. The van der Waals surface area contributed by atoms with Gasteiger partial charge in [0.1, 0.15) is 5.75 Å². The number of hydrogen-bond acceptors (Lipinski definition) is 4. The lowest BCUT2D eigenvalue weighted by atomic mass is 10.1. The molecule has 0 unspecified atom stereocenters. The van der Waals surface area contributed by atoms with E-state index in [1.165, 1.54) is 5.56 Å². The molecule has 0 spiro atoms. The van der Waals surface area contributed by atoms with Gasteiger partial charge in [-0.15, -0.1) is 0 Å². The molecule has 25 heavy (non-hydrogen) atoms. The predicted octanol–water partition coefficient (Wildman–Crippen LogP) is 1.35. The van der Waals surface area contributed by atoms with Gasteiger partial charge in [-0.1, -0.05) is 6.07 Å². The van der Waals surface area contributed by atoms with Crippen LogP contribution in [-0.2, 0) is 9.59 Å². The molecule has 1 aliphatic rings. The molecule has 138 valence electrons. The van der Waals surface area contributed by atoms with Crippen LogP contribution in [0.15, 0.2) is 18.2 Å². The fraction of sp³-hybridized carbons (Fsp3) is 0.579. The number of carbonyl (C=O) groups excluding carboxylic acids is 2. The molecule has 1 aliphatic heterocycles. The fourth-order valence-corrected chi connectivity index (χ4v) is 2.77. The Morgan fingerprint density at radius 1 is 1.12 bits per heavy atom. The number of nitrogens with zero attached hydrogens (tertiary/aromatic N) is 2. The maximum absolute atomic E-state index is 12.3. The van der Waals surface area contributed by atoms with Gasteiger partial charge < -0.3 is 15.0 Å². The number of rotatable bonds is 6. The van der Waals surface area contributed by atoms with Crippen LogP contribution in [0.5, 0.6) is 5.75 Å². The Hall–Kier alpha value is -2.08. The smallest absolute Gasteiger partial charge is 0.260 e. The Balaban J connectivity index is 1.73. The SMILES string of the molecule is Cc1ccc(OCC(=O)N2CCN(CC(=O)NC(C)C)CC2)cc1C. The number of nitrogens with one attached hydrogen (secondary N) is 1. The van der Waals surface area contributed by atoms with Crippen LogP contribution in [0, 0.1) is 13.8 Å². The van der Waals surface area contributed by atoms with Crippen molar-refractivity contribution in [2.75, 3.05) is 39.3 Å². The second-order valence-corrected chi connectivity index (χ2v) is 6.91. The molecule has 0 aliphatic carbocycles. The number of ether oxygens (including phenoxy) is 1. The molecule has 0 radical (unpaired) electrons. The number of amides is 2. The summed E-state index contributed by atoms with van der Waals surface area (Å²) in [7, 11) is 0. The van der Waals surface area contributed by atoms with E-state index < -0.39 is 0 Å². The molecule has 0 saturated carbocycles. The number of hydrogen-bond donors (Lipinski definition) is 1. The molecule has 6 nitrogen and oxygen atoms in total. The van der Waals surface area contributed by atoms with Gasteiger partial charge in [-0.05, 0) is 51.0 Å². The lowest BCUT2D eigenvalue weighted by molar-refractivity contribution is -0.135. The first-order valence-corrected chi connectivity index (χ1v) is 8.84. The van der Waals surface area contributed by atoms with Crippen molar-refractivity contribution in [2.45, 2.75) is 33.7 Å². The Kier molecular flexibility index (Phi) is 6.82. The summed E-state index contributed by atoms with van der Waals surface area (Å²) in [6.07, 6.45) is 0. The van der Waals surface area contributed by atoms with Gasteiger partial charge in [0.25, 0.3) is 5.91 Å². The second-order valence-electron chi connectivity index (χ2n) is 6.91. The van der Waals surface area contributed by atoms with Crippen molar-refractivity contribution in [1.82, 2.24) is 15.1 Å². The molecule has 1 saturated heterocycles. The van der Waals surface area contributed by atoms with Crippen LogP contribution in [0.4, 0.5) is 0 Å². The normalized spacial score (nSPS) is 15.3. The molecule has 1 heterocycles. The van der Waals surface area contributed by atoms with Crippen molar-refractivity contribution in [2.24, 2.45) is 0 Å². The van der Waals surface area contributed by atoms with E-state index in [2.05, 4.69) is 10.2 Å². The quantitative estimate of drug-likeness (QED) is 0.844. The Bertz CT molecular complexity index is 608. The summed E-state index contributed by atoms with van der Waals surface area (Å²) in [6.45, 7) is 11.1. The molecule has 1 aromatic rings. The average Bonchev–Trinajstić information content (AvgIpc) is 2.55. The molecular formula is C19H29N3O3. The number of carbonyl (C=O) groups is 2. The van der Waals surface area contributed by atoms with E-state index in [9.17, 15) is 9.59 Å². The molecule has 1 aromatic carbocycles. The third-order valence-corrected chi connectivity index (χ3v) is 4.38. The molecule has 0 aromatic heterocycles. The third-order valence-electron chi connectivity index (χ3n) is 4.38. The fourth-order valence-electron chi connectivity index (χ4n) is 2.77. The summed E-state index contributed by atoms with van der Waals surface area (Å²) in [5, 5.41) is 2.89. The summed E-state index contributed by atoms with van der Waals surface area (Å²) < 4.78 is 5.62. The van der Waals surface area contributed by atoms with E-state index >= 15 is 0 Å². The van der Waals surface area contributed by atoms with Crippen LogP contribution in [-0.4, -0.2) is 67.0 Å². The summed E-state index contributed by atoms with van der Waals surface area (Å²) >= 11 is 0. The molecule has 0 bridgehead atoms. The molecule has 2 rings (SSSR count). The van der Waals surface area contributed by atoms with Gasteiger partial charge in [-0.25, -0.2) is 0 Å². The lowest BCUT2D eigenvalue weighted by Gasteiger charge is -2.34. The van der Waals surface area contributed by atoms with Gasteiger partial charge >= 0.3 is 0 Å². The van der Waals surface area contributed by atoms with Crippen molar-refractivity contribution >= 4 is 11.8 Å². The number of benzene rings is 1. The number of piperazine rings is 1. The highest BCUT2D eigenvalue weighted by atomic mass is 16.5. The van der Waals surface area contributed by atoms with Crippen LogP contribution in [0.3, 0.4) is 0 Å². The van der Waals surface area contributed by atoms with Crippen LogP contribution >= 0.6 is 0 Å². The van der Waals surface area contributed by atoms with Crippen LogP contribution in [0.1, 0.15) is 25.0 Å². The highest BCUT2D eigenvalue weighted by molar-refractivity contribution is 5.79. The predicted molar refractivity (Wildman–Crippen MR) is 97.7 cm³/mol. The van der Waals surface area contributed by atoms with Crippen molar-refractivity contribution < 1.29 is 14.3 Å². The van der Waals surface area contributed by atoms with Gasteiger partial charge in [0.2, 0.25) is 5.91 Å². The van der Waals surface area contributed by atoms with Gasteiger partial charge in [0.15, 0.2) is 6.61 Å². The molecular weight excluding hydrogens is 318 g/mol. The molecule has 2 amide bonds. The van der Waals surface area contributed by atoms with Crippen molar-refractivity contribution in [1.29, 1.82) is 0 Å². The minimum absolute atomic E-state index is 0.00971. The van der Waals surface area contributed by atoms with E-state index in [0.29, 0.717) is 32.7 Å². The summed E-state index contributed by atoms with van der Waals surface area (Å²) in [4.78, 5) is 28.0. The first-order chi connectivity index (χ1) is 11.8. The lowest BCUT2D eigenvalue weighted by Crippen LogP contribution is -2.52.